The van der Waals surface area contributed by atoms with Crippen molar-refractivity contribution in [3.05, 3.63) is 23.4 Å². The summed E-state index contributed by atoms with van der Waals surface area (Å²) in [5.41, 5.74) is 2.34. The first-order valence-electron chi connectivity index (χ1n) is 8.08. The van der Waals surface area contributed by atoms with Crippen molar-refractivity contribution in [3.8, 4) is 5.88 Å². The molecule has 0 saturated heterocycles. The molecule has 1 saturated carbocycles. The second-order valence-electron chi connectivity index (χ2n) is 5.78. The maximum atomic E-state index is 6.17. The molecule has 0 spiro atoms. The van der Waals surface area contributed by atoms with Crippen LogP contribution in [-0.4, -0.2) is 17.6 Å². The topological polar surface area (TPSA) is 34.1 Å². The Morgan fingerprint density at radius 2 is 2.05 bits per heavy atom. The fourth-order valence-electron chi connectivity index (χ4n) is 3.03. The van der Waals surface area contributed by atoms with Crippen LogP contribution in [0.3, 0.4) is 0 Å². The minimum absolute atomic E-state index is 0.361. The molecule has 0 bridgehead atoms. The molecule has 0 aromatic carbocycles. The van der Waals surface area contributed by atoms with E-state index in [-0.39, 0.29) is 0 Å². The number of pyridine rings is 1. The molecule has 2 unspecified atom stereocenters. The molecule has 1 aliphatic carbocycles. The molecule has 2 atom stereocenters. The molecule has 1 fully saturated rings. The monoisotopic (exact) mass is 276 g/mol. The van der Waals surface area contributed by atoms with Gasteiger partial charge in [0.05, 0.1) is 0 Å². The summed E-state index contributed by atoms with van der Waals surface area (Å²) >= 11 is 0. The third-order valence-electron chi connectivity index (χ3n) is 4.37. The van der Waals surface area contributed by atoms with Crippen LogP contribution in [0.5, 0.6) is 5.88 Å². The van der Waals surface area contributed by atoms with E-state index in [1.165, 1.54) is 37.7 Å². The SMILES string of the molecule is CCNCc1ccc(OC2CCCCC2CC)nc1C. The average Bonchev–Trinajstić information content (AvgIpc) is 2.47. The van der Waals surface area contributed by atoms with Crippen molar-refractivity contribution in [3.63, 3.8) is 0 Å². The van der Waals surface area contributed by atoms with Crippen LogP contribution in [-0.2, 0) is 6.54 Å². The summed E-state index contributed by atoms with van der Waals surface area (Å²) < 4.78 is 6.17. The lowest BCUT2D eigenvalue weighted by Gasteiger charge is -2.30. The molecule has 1 aromatic heterocycles. The molecule has 3 heteroatoms. The van der Waals surface area contributed by atoms with E-state index in [0.29, 0.717) is 12.0 Å². The highest BCUT2D eigenvalue weighted by molar-refractivity contribution is 5.25. The van der Waals surface area contributed by atoms with E-state index in [2.05, 4.69) is 37.1 Å². The number of rotatable bonds is 6. The van der Waals surface area contributed by atoms with Gasteiger partial charge >= 0.3 is 0 Å². The van der Waals surface area contributed by atoms with Crippen molar-refractivity contribution in [1.82, 2.24) is 10.3 Å². The predicted octanol–water partition coefficient (Wildman–Crippen LogP) is 3.85. The third-order valence-corrected chi connectivity index (χ3v) is 4.37. The fraction of sp³-hybridized carbons (Fsp3) is 0.706. The van der Waals surface area contributed by atoms with Gasteiger partial charge in [-0.3, -0.25) is 0 Å². The second kappa shape index (κ2) is 7.63. The van der Waals surface area contributed by atoms with Crippen LogP contribution in [0.4, 0.5) is 0 Å². The molecule has 0 radical (unpaired) electrons. The Balaban J connectivity index is 2.00. The van der Waals surface area contributed by atoms with E-state index in [0.717, 1.165) is 24.7 Å². The first-order valence-corrected chi connectivity index (χ1v) is 8.08. The van der Waals surface area contributed by atoms with Gasteiger partial charge < -0.3 is 10.1 Å². The molecular weight excluding hydrogens is 248 g/mol. The van der Waals surface area contributed by atoms with E-state index in [1.807, 2.05) is 6.07 Å². The zero-order valence-electron chi connectivity index (χ0n) is 13.1. The number of hydrogen-bond acceptors (Lipinski definition) is 3. The maximum Gasteiger partial charge on any atom is 0.213 e. The van der Waals surface area contributed by atoms with Gasteiger partial charge in [-0.2, -0.15) is 0 Å². The van der Waals surface area contributed by atoms with Crippen molar-refractivity contribution in [2.24, 2.45) is 5.92 Å². The molecule has 0 amide bonds. The highest BCUT2D eigenvalue weighted by atomic mass is 16.5. The molecule has 1 aromatic rings. The largest absolute Gasteiger partial charge is 0.474 e. The van der Waals surface area contributed by atoms with Crippen molar-refractivity contribution >= 4 is 0 Å². The second-order valence-corrected chi connectivity index (χ2v) is 5.78. The Hall–Kier alpha value is -1.09. The van der Waals surface area contributed by atoms with Gasteiger partial charge in [-0.1, -0.05) is 26.3 Å². The molecule has 1 aliphatic rings. The Morgan fingerprint density at radius 1 is 1.25 bits per heavy atom. The summed E-state index contributed by atoms with van der Waals surface area (Å²) in [5.74, 6) is 1.50. The normalized spacial score (nSPS) is 22.8. The molecule has 0 aliphatic heterocycles. The van der Waals surface area contributed by atoms with Crippen LogP contribution in [0.25, 0.3) is 0 Å². The Morgan fingerprint density at radius 3 is 2.75 bits per heavy atom. The van der Waals surface area contributed by atoms with Crippen molar-refractivity contribution in [2.45, 2.75) is 65.5 Å². The van der Waals surface area contributed by atoms with Gasteiger partial charge in [0.1, 0.15) is 6.10 Å². The van der Waals surface area contributed by atoms with Crippen LogP contribution in [0.1, 0.15) is 57.2 Å². The molecule has 112 valence electrons. The number of ether oxygens (including phenoxy) is 1. The number of hydrogen-bond donors (Lipinski definition) is 1. The molecular formula is C17H28N2O. The van der Waals surface area contributed by atoms with Gasteiger partial charge in [-0.15, -0.1) is 0 Å². The summed E-state index contributed by atoms with van der Waals surface area (Å²) in [6.45, 7) is 8.32. The van der Waals surface area contributed by atoms with Crippen LogP contribution in [0.15, 0.2) is 12.1 Å². The van der Waals surface area contributed by atoms with Crippen LogP contribution >= 0.6 is 0 Å². The summed E-state index contributed by atoms with van der Waals surface area (Å²) in [6.07, 6.45) is 6.70. The number of aryl methyl sites for hydroxylation is 1. The summed E-state index contributed by atoms with van der Waals surface area (Å²) in [7, 11) is 0. The molecule has 20 heavy (non-hydrogen) atoms. The van der Waals surface area contributed by atoms with Crippen LogP contribution in [0, 0.1) is 12.8 Å². The van der Waals surface area contributed by atoms with Crippen molar-refractivity contribution < 1.29 is 4.74 Å². The first kappa shape index (κ1) is 15.3. The summed E-state index contributed by atoms with van der Waals surface area (Å²) in [6, 6.07) is 4.17. The summed E-state index contributed by atoms with van der Waals surface area (Å²) in [5, 5.41) is 3.34. The van der Waals surface area contributed by atoms with Gasteiger partial charge in [-0.05, 0) is 50.6 Å². The van der Waals surface area contributed by atoms with E-state index >= 15 is 0 Å². The van der Waals surface area contributed by atoms with Gasteiger partial charge in [0.25, 0.3) is 0 Å². The zero-order chi connectivity index (χ0) is 14.4. The Kier molecular flexibility index (Phi) is 5.84. The quantitative estimate of drug-likeness (QED) is 0.857. The Labute approximate surface area is 123 Å². The predicted molar refractivity (Wildman–Crippen MR) is 83.0 cm³/mol. The van der Waals surface area contributed by atoms with Crippen molar-refractivity contribution in [1.29, 1.82) is 0 Å². The summed E-state index contributed by atoms with van der Waals surface area (Å²) in [4.78, 5) is 4.63. The van der Waals surface area contributed by atoms with E-state index in [4.69, 9.17) is 4.74 Å². The van der Waals surface area contributed by atoms with E-state index < -0.39 is 0 Å². The molecule has 1 N–H and O–H groups in total. The maximum absolute atomic E-state index is 6.17. The van der Waals surface area contributed by atoms with Gasteiger partial charge in [0, 0.05) is 18.3 Å². The minimum Gasteiger partial charge on any atom is -0.474 e. The molecule has 1 heterocycles. The zero-order valence-corrected chi connectivity index (χ0v) is 13.1. The third kappa shape index (κ3) is 3.95. The molecule has 2 rings (SSSR count). The fourth-order valence-corrected chi connectivity index (χ4v) is 3.03. The van der Waals surface area contributed by atoms with E-state index in [1.54, 1.807) is 0 Å². The average molecular weight is 276 g/mol. The first-order chi connectivity index (χ1) is 9.74. The van der Waals surface area contributed by atoms with Crippen LogP contribution < -0.4 is 10.1 Å². The molecule has 3 nitrogen and oxygen atoms in total. The number of nitrogens with one attached hydrogen (secondary N) is 1. The highest BCUT2D eigenvalue weighted by Gasteiger charge is 2.25. The van der Waals surface area contributed by atoms with Crippen LogP contribution in [0.2, 0.25) is 0 Å². The lowest BCUT2D eigenvalue weighted by molar-refractivity contribution is 0.0857. The highest BCUT2D eigenvalue weighted by Crippen LogP contribution is 2.30. The number of aromatic nitrogens is 1. The minimum atomic E-state index is 0.361. The van der Waals surface area contributed by atoms with Crippen molar-refractivity contribution in [2.75, 3.05) is 6.54 Å². The Bertz CT molecular complexity index is 419. The number of nitrogens with zero attached hydrogens (tertiary/aromatic N) is 1. The van der Waals surface area contributed by atoms with Gasteiger partial charge in [0.2, 0.25) is 5.88 Å². The van der Waals surface area contributed by atoms with Gasteiger partial charge in [0.15, 0.2) is 0 Å². The lowest BCUT2D eigenvalue weighted by Crippen LogP contribution is -2.30. The standard InChI is InChI=1S/C17H28N2O/c1-4-14-8-6-7-9-16(14)20-17-11-10-15(12-18-5-2)13(3)19-17/h10-11,14,16,18H,4-9,12H2,1-3H3. The smallest absolute Gasteiger partial charge is 0.213 e. The van der Waals surface area contributed by atoms with Gasteiger partial charge in [-0.25, -0.2) is 4.98 Å². The lowest BCUT2D eigenvalue weighted by atomic mass is 9.85. The van der Waals surface area contributed by atoms with E-state index in [9.17, 15) is 0 Å².